The van der Waals surface area contributed by atoms with Gasteiger partial charge >= 0.3 is 0 Å². The second kappa shape index (κ2) is 6.77. The molecule has 1 atom stereocenters. The predicted octanol–water partition coefficient (Wildman–Crippen LogP) is 2.07. The summed E-state index contributed by atoms with van der Waals surface area (Å²) in [6, 6.07) is 9.28. The zero-order valence-corrected chi connectivity index (χ0v) is 11.0. The fourth-order valence-corrected chi connectivity index (χ4v) is 1.90. The number of halogens is 1. The van der Waals surface area contributed by atoms with Crippen molar-refractivity contribution in [2.45, 2.75) is 6.04 Å². The number of carbonyl (C=O) groups is 1. The van der Waals surface area contributed by atoms with Crippen molar-refractivity contribution < 1.29 is 13.9 Å². The maximum atomic E-state index is 13.0. The van der Waals surface area contributed by atoms with Crippen molar-refractivity contribution in [3.05, 3.63) is 65.7 Å². The van der Waals surface area contributed by atoms with Crippen LogP contribution in [0.3, 0.4) is 0 Å². The minimum atomic E-state index is -0.360. The minimum absolute atomic E-state index is 0.0250. The van der Waals surface area contributed by atoms with Gasteiger partial charge in [-0.05, 0) is 35.4 Å². The Morgan fingerprint density at radius 3 is 2.40 bits per heavy atom. The van der Waals surface area contributed by atoms with Crippen LogP contribution in [-0.2, 0) is 9.53 Å². The number of benzene rings is 1. The third-order valence-corrected chi connectivity index (χ3v) is 2.82. The van der Waals surface area contributed by atoms with Gasteiger partial charge in [0.15, 0.2) is 0 Å². The van der Waals surface area contributed by atoms with Crippen LogP contribution in [0.2, 0.25) is 0 Å². The van der Waals surface area contributed by atoms with Crippen LogP contribution in [0.1, 0.15) is 17.2 Å². The number of hydrogen-bond acceptors (Lipinski definition) is 3. The molecule has 1 N–H and O–H groups in total. The normalized spacial score (nSPS) is 11.9. The fraction of sp³-hybridized carbons (Fsp3) is 0.200. The van der Waals surface area contributed by atoms with Gasteiger partial charge in [-0.3, -0.25) is 9.78 Å². The molecule has 2 aromatic rings. The Morgan fingerprint density at radius 2 is 1.80 bits per heavy atom. The summed E-state index contributed by atoms with van der Waals surface area (Å²) in [4.78, 5) is 15.7. The molecule has 104 valence electrons. The third-order valence-electron chi connectivity index (χ3n) is 2.82. The Kier molecular flexibility index (Phi) is 4.79. The summed E-state index contributed by atoms with van der Waals surface area (Å²) >= 11 is 0. The minimum Gasteiger partial charge on any atom is -0.375 e. The number of nitrogens with zero attached hydrogens (tertiary/aromatic N) is 1. The molecular formula is C15H15FN2O2. The number of pyridine rings is 1. The van der Waals surface area contributed by atoms with Crippen LogP contribution in [0.4, 0.5) is 4.39 Å². The molecule has 4 nitrogen and oxygen atoms in total. The van der Waals surface area contributed by atoms with E-state index in [9.17, 15) is 9.18 Å². The Hall–Kier alpha value is -2.27. The lowest BCUT2D eigenvalue weighted by molar-refractivity contribution is -0.125. The molecule has 0 saturated heterocycles. The predicted molar refractivity (Wildman–Crippen MR) is 72.5 cm³/mol. The van der Waals surface area contributed by atoms with Crippen molar-refractivity contribution in [1.82, 2.24) is 10.3 Å². The summed E-state index contributed by atoms with van der Waals surface area (Å²) in [5, 5.41) is 2.86. The molecule has 0 bridgehead atoms. The third kappa shape index (κ3) is 3.61. The Bertz CT molecular complexity index is 558. The van der Waals surface area contributed by atoms with Crippen LogP contribution in [0.15, 0.2) is 48.8 Å². The first-order chi connectivity index (χ1) is 9.70. The van der Waals surface area contributed by atoms with E-state index in [4.69, 9.17) is 4.74 Å². The van der Waals surface area contributed by atoms with Gasteiger partial charge in [0, 0.05) is 19.5 Å². The molecule has 1 amide bonds. The number of hydrogen-bond donors (Lipinski definition) is 1. The molecule has 0 radical (unpaired) electrons. The maximum Gasteiger partial charge on any atom is 0.246 e. The summed E-state index contributed by atoms with van der Waals surface area (Å²) < 4.78 is 17.8. The van der Waals surface area contributed by atoms with Gasteiger partial charge < -0.3 is 10.1 Å². The number of ether oxygens (including phenoxy) is 1. The molecule has 1 aromatic heterocycles. The maximum absolute atomic E-state index is 13.0. The van der Waals surface area contributed by atoms with E-state index in [1.165, 1.54) is 19.2 Å². The van der Waals surface area contributed by atoms with Gasteiger partial charge in [0.05, 0.1) is 6.04 Å². The van der Waals surface area contributed by atoms with Gasteiger partial charge in [-0.1, -0.05) is 12.1 Å². The van der Waals surface area contributed by atoms with Crippen molar-refractivity contribution in [3.63, 3.8) is 0 Å². The van der Waals surface area contributed by atoms with Gasteiger partial charge in [-0.25, -0.2) is 4.39 Å². The summed E-state index contributed by atoms with van der Waals surface area (Å²) in [7, 11) is 1.46. The van der Waals surface area contributed by atoms with Gasteiger partial charge in [0.25, 0.3) is 0 Å². The molecule has 2 rings (SSSR count). The lowest BCUT2D eigenvalue weighted by Gasteiger charge is -2.19. The van der Waals surface area contributed by atoms with Crippen molar-refractivity contribution >= 4 is 5.91 Å². The Balaban J connectivity index is 2.29. The molecule has 0 spiro atoms. The molecule has 1 unspecified atom stereocenters. The molecule has 0 aliphatic rings. The molecule has 1 aromatic carbocycles. The first-order valence-corrected chi connectivity index (χ1v) is 6.14. The van der Waals surface area contributed by atoms with Crippen molar-refractivity contribution in [3.8, 4) is 0 Å². The first-order valence-electron chi connectivity index (χ1n) is 6.14. The van der Waals surface area contributed by atoms with E-state index in [0.717, 1.165) is 11.1 Å². The van der Waals surface area contributed by atoms with Crippen molar-refractivity contribution in [2.24, 2.45) is 0 Å². The average Bonchev–Trinajstić information content (AvgIpc) is 2.47. The van der Waals surface area contributed by atoms with E-state index in [0.29, 0.717) is 0 Å². The van der Waals surface area contributed by atoms with E-state index < -0.39 is 0 Å². The van der Waals surface area contributed by atoms with Gasteiger partial charge in [-0.15, -0.1) is 0 Å². The standard InChI is InChI=1S/C15H15FN2O2/c1-20-10-14(19)18-15(12-6-8-17-9-7-12)11-2-4-13(16)5-3-11/h2-9,15H,10H2,1H3,(H,18,19). The highest BCUT2D eigenvalue weighted by atomic mass is 19.1. The Labute approximate surface area is 116 Å². The second-order valence-electron chi connectivity index (χ2n) is 4.27. The second-order valence-corrected chi connectivity index (χ2v) is 4.27. The van der Waals surface area contributed by atoms with E-state index in [1.54, 1.807) is 36.7 Å². The van der Waals surface area contributed by atoms with Gasteiger partial charge in [0.2, 0.25) is 5.91 Å². The number of amides is 1. The quantitative estimate of drug-likeness (QED) is 0.908. The largest absolute Gasteiger partial charge is 0.375 e. The topological polar surface area (TPSA) is 51.2 Å². The molecule has 5 heteroatoms. The van der Waals surface area contributed by atoms with E-state index >= 15 is 0 Å². The number of carbonyl (C=O) groups excluding carboxylic acids is 1. The smallest absolute Gasteiger partial charge is 0.246 e. The highest BCUT2D eigenvalue weighted by Gasteiger charge is 2.16. The molecule has 20 heavy (non-hydrogen) atoms. The van der Waals surface area contributed by atoms with Crippen LogP contribution in [0.5, 0.6) is 0 Å². The van der Waals surface area contributed by atoms with Crippen LogP contribution in [0, 0.1) is 5.82 Å². The highest BCUT2D eigenvalue weighted by Crippen LogP contribution is 2.21. The first kappa shape index (κ1) is 14.1. The van der Waals surface area contributed by atoms with Crippen LogP contribution in [-0.4, -0.2) is 24.6 Å². The molecular weight excluding hydrogens is 259 g/mol. The summed E-state index contributed by atoms with van der Waals surface area (Å²) in [5.74, 6) is -0.552. The number of nitrogens with one attached hydrogen (secondary N) is 1. The number of rotatable bonds is 5. The number of aromatic nitrogens is 1. The van der Waals surface area contributed by atoms with Crippen LogP contribution < -0.4 is 5.32 Å². The van der Waals surface area contributed by atoms with Gasteiger partial charge in [0.1, 0.15) is 12.4 Å². The zero-order chi connectivity index (χ0) is 14.4. The molecule has 0 aliphatic heterocycles. The van der Waals surface area contributed by atoms with Crippen LogP contribution in [0.25, 0.3) is 0 Å². The average molecular weight is 274 g/mol. The summed E-state index contributed by atoms with van der Waals surface area (Å²) in [6.07, 6.45) is 3.29. The monoisotopic (exact) mass is 274 g/mol. The summed E-state index contributed by atoms with van der Waals surface area (Å²) in [6.45, 7) is -0.0250. The molecule has 0 fully saturated rings. The number of methoxy groups -OCH3 is 1. The van der Waals surface area contributed by atoms with Gasteiger partial charge in [-0.2, -0.15) is 0 Å². The molecule has 1 heterocycles. The molecule has 0 saturated carbocycles. The molecule has 0 aliphatic carbocycles. The lowest BCUT2D eigenvalue weighted by Crippen LogP contribution is -2.32. The van der Waals surface area contributed by atoms with Crippen LogP contribution >= 0.6 is 0 Å². The summed E-state index contributed by atoms with van der Waals surface area (Å²) in [5.41, 5.74) is 1.66. The van der Waals surface area contributed by atoms with E-state index in [1.807, 2.05) is 0 Å². The Morgan fingerprint density at radius 1 is 1.20 bits per heavy atom. The van der Waals surface area contributed by atoms with Crippen molar-refractivity contribution in [2.75, 3.05) is 13.7 Å². The lowest BCUT2D eigenvalue weighted by atomic mass is 9.99. The zero-order valence-electron chi connectivity index (χ0n) is 11.0. The fourth-order valence-electron chi connectivity index (χ4n) is 1.90. The van der Waals surface area contributed by atoms with E-state index in [-0.39, 0.29) is 24.4 Å². The van der Waals surface area contributed by atoms with Crippen molar-refractivity contribution in [1.29, 1.82) is 0 Å². The SMILES string of the molecule is COCC(=O)NC(c1ccncc1)c1ccc(F)cc1. The highest BCUT2D eigenvalue weighted by molar-refractivity contribution is 5.78. The van der Waals surface area contributed by atoms with E-state index in [2.05, 4.69) is 10.3 Å².